The van der Waals surface area contributed by atoms with Crippen molar-refractivity contribution in [1.82, 2.24) is 0 Å². The third kappa shape index (κ3) is 33.5. The van der Waals surface area contributed by atoms with Gasteiger partial charge in [0.05, 0.1) is 6.26 Å². The van der Waals surface area contributed by atoms with Gasteiger partial charge in [0.15, 0.2) is 0 Å². The van der Waals surface area contributed by atoms with Gasteiger partial charge in [-0.1, -0.05) is 205 Å². The smallest absolute Gasteiger partial charge is 0.105 e. The minimum Gasteiger partial charge on any atom is -0.516 e. The van der Waals surface area contributed by atoms with Gasteiger partial charge in [-0.25, -0.2) is 0 Å². The normalized spacial score (nSPS) is 13.8. The largest absolute Gasteiger partial charge is 0.516 e. The van der Waals surface area contributed by atoms with Crippen LogP contribution in [0, 0.1) is 0 Å². The Labute approximate surface area is 270 Å². The average Bonchev–Trinajstić information content (AvgIpc) is 3.01. The maximum absolute atomic E-state index is 11.0. The lowest BCUT2D eigenvalue weighted by atomic mass is 9.97. The van der Waals surface area contributed by atoms with Gasteiger partial charge in [-0.15, -0.1) is 0 Å². The quantitative estimate of drug-likeness (QED) is 0.0334. The van der Waals surface area contributed by atoms with Crippen LogP contribution in [0.1, 0.15) is 206 Å². The monoisotopic (exact) mass is 601 g/mol. The van der Waals surface area contributed by atoms with Crippen LogP contribution in [0.2, 0.25) is 0 Å². The molecule has 2 N–H and O–H groups in total. The van der Waals surface area contributed by atoms with Crippen LogP contribution >= 0.6 is 0 Å². The molecule has 0 aromatic rings. The van der Waals surface area contributed by atoms with Crippen LogP contribution in [0.4, 0.5) is 0 Å². The second kappa shape index (κ2) is 35.2. The zero-order valence-corrected chi connectivity index (χ0v) is 29.2. The standard InChI is InChI=1S/C41H76O2/c1-3-5-7-9-11-13-15-17-19-21-23-25-27-29-31-33-35-38-41(43,39-36-40-42)37-34-32-30-28-26-24-22-20-18-16-14-12-10-8-6-4-2/h30,32,34-38,40,42-43H,3-29,31,33,39H2,1-2H3. The molecule has 0 fully saturated rings. The lowest BCUT2D eigenvalue weighted by molar-refractivity contribution is 0.145. The third-order valence-electron chi connectivity index (χ3n) is 8.79. The molecule has 252 valence electrons. The summed E-state index contributed by atoms with van der Waals surface area (Å²) in [6.45, 7) is 4.57. The summed E-state index contributed by atoms with van der Waals surface area (Å²) in [6, 6.07) is 0. The molecule has 0 aliphatic rings. The molecule has 0 aromatic carbocycles. The molecular formula is C41H76O2. The fourth-order valence-electron chi connectivity index (χ4n) is 5.85. The first-order valence-electron chi connectivity index (χ1n) is 19.2. The number of aliphatic hydroxyl groups excluding tert-OH is 1. The first-order chi connectivity index (χ1) is 21.2. The van der Waals surface area contributed by atoms with E-state index in [-0.39, 0.29) is 0 Å². The topological polar surface area (TPSA) is 40.5 Å². The molecule has 0 aliphatic carbocycles. The summed E-state index contributed by atoms with van der Waals surface area (Å²) in [6.07, 6.45) is 54.6. The summed E-state index contributed by atoms with van der Waals surface area (Å²) >= 11 is 0. The van der Waals surface area contributed by atoms with Gasteiger partial charge in [-0.2, -0.15) is 0 Å². The van der Waals surface area contributed by atoms with Crippen molar-refractivity contribution in [1.29, 1.82) is 0 Å². The van der Waals surface area contributed by atoms with E-state index in [0.29, 0.717) is 6.42 Å². The molecule has 0 saturated carbocycles. The Kier molecular flexibility index (Phi) is 34.2. The average molecular weight is 601 g/mol. The molecule has 0 aromatic heterocycles. The van der Waals surface area contributed by atoms with Crippen molar-refractivity contribution in [3.63, 3.8) is 0 Å². The van der Waals surface area contributed by atoms with Crippen LogP contribution in [0.25, 0.3) is 0 Å². The molecule has 1 atom stereocenters. The number of hydrogen-bond acceptors (Lipinski definition) is 2. The third-order valence-corrected chi connectivity index (χ3v) is 8.79. The van der Waals surface area contributed by atoms with E-state index < -0.39 is 5.60 Å². The summed E-state index contributed by atoms with van der Waals surface area (Å²) in [5, 5.41) is 20.1. The van der Waals surface area contributed by atoms with Crippen LogP contribution in [0.15, 0.2) is 48.8 Å². The van der Waals surface area contributed by atoms with Gasteiger partial charge in [-0.05, 0) is 37.8 Å². The van der Waals surface area contributed by atoms with Crippen LogP contribution in [0.5, 0.6) is 0 Å². The van der Waals surface area contributed by atoms with E-state index in [0.717, 1.165) is 19.1 Å². The van der Waals surface area contributed by atoms with Crippen LogP contribution in [0.3, 0.4) is 0 Å². The highest BCUT2D eigenvalue weighted by atomic mass is 16.3. The lowest BCUT2D eigenvalue weighted by Gasteiger charge is -2.18. The number of rotatable bonds is 34. The minimum absolute atomic E-state index is 0.391. The van der Waals surface area contributed by atoms with E-state index in [1.54, 1.807) is 6.08 Å². The van der Waals surface area contributed by atoms with Crippen molar-refractivity contribution in [2.24, 2.45) is 0 Å². The Hall–Kier alpha value is -1.28. The molecular weight excluding hydrogens is 524 g/mol. The predicted molar refractivity (Wildman–Crippen MR) is 194 cm³/mol. The predicted octanol–water partition coefficient (Wildman–Crippen LogP) is 14.2. The Morgan fingerprint density at radius 3 is 1.12 bits per heavy atom. The fourth-order valence-corrected chi connectivity index (χ4v) is 5.85. The van der Waals surface area contributed by atoms with Gasteiger partial charge in [-0.3, -0.25) is 0 Å². The van der Waals surface area contributed by atoms with Crippen molar-refractivity contribution in [3.05, 3.63) is 48.8 Å². The fraction of sp³-hybridized carbons (Fsp3) is 0.805. The number of unbranched alkanes of at least 4 members (excludes halogenated alkanes) is 27. The van der Waals surface area contributed by atoms with Crippen LogP contribution in [-0.2, 0) is 0 Å². The van der Waals surface area contributed by atoms with Crippen molar-refractivity contribution in [2.45, 2.75) is 212 Å². The van der Waals surface area contributed by atoms with E-state index in [9.17, 15) is 5.11 Å². The molecule has 2 nitrogen and oxygen atoms in total. The van der Waals surface area contributed by atoms with Crippen molar-refractivity contribution in [3.8, 4) is 0 Å². The van der Waals surface area contributed by atoms with Gasteiger partial charge in [0.1, 0.15) is 5.60 Å². The molecule has 2 heteroatoms. The molecule has 1 unspecified atom stereocenters. The zero-order chi connectivity index (χ0) is 31.4. The molecule has 43 heavy (non-hydrogen) atoms. The Balaban J connectivity index is 3.83. The first-order valence-corrected chi connectivity index (χ1v) is 19.2. The Morgan fingerprint density at radius 2 is 0.744 bits per heavy atom. The second-order valence-electron chi connectivity index (χ2n) is 13.2. The molecule has 0 spiro atoms. The molecule has 0 aliphatic heterocycles. The van der Waals surface area contributed by atoms with Gasteiger partial charge in [0, 0.05) is 6.42 Å². The summed E-state index contributed by atoms with van der Waals surface area (Å²) in [7, 11) is 0. The van der Waals surface area contributed by atoms with Gasteiger partial charge >= 0.3 is 0 Å². The van der Waals surface area contributed by atoms with Gasteiger partial charge in [0.2, 0.25) is 0 Å². The van der Waals surface area contributed by atoms with Crippen molar-refractivity contribution in [2.75, 3.05) is 0 Å². The molecule has 0 heterocycles. The SMILES string of the molecule is CCCCCCCCCCCCCCC=CC=CC(O)(C=CCCCCCCCCCCCCCCCCC)CC=CO. The van der Waals surface area contributed by atoms with E-state index >= 15 is 0 Å². The Morgan fingerprint density at radius 1 is 0.395 bits per heavy atom. The highest BCUT2D eigenvalue weighted by Crippen LogP contribution is 2.18. The van der Waals surface area contributed by atoms with E-state index in [1.807, 2.05) is 18.2 Å². The van der Waals surface area contributed by atoms with Gasteiger partial charge < -0.3 is 10.2 Å². The highest BCUT2D eigenvalue weighted by Gasteiger charge is 2.17. The summed E-state index contributed by atoms with van der Waals surface area (Å²) in [4.78, 5) is 0. The lowest BCUT2D eigenvalue weighted by Crippen LogP contribution is -2.21. The molecule has 0 amide bonds. The highest BCUT2D eigenvalue weighted by molar-refractivity contribution is 5.19. The molecule has 0 bridgehead atoms. The summed E-state index contributed by atoms with van der Waals surface area (Å²) in [5.41, 5.74) is -1.03. The number of allylic oxidation sites excluding steroid dienone is 4. The second-order valence-corrected chi connectivity index (χ2v) is 13.2. The maximum atomic E-state index is 11.0. The van der Waals surface area contributed by atoms with E-state index in [2.05, 4.69) is 32.1 Å². The number of aliphatic hydroxyl groups is 2. The maximum Gasteiger partial charge on any atom is 0.105 e. The zero-order valence-electron chi connectivity index (χ0n) is 29.2. The molecule has 0 radical (unpaired) electrons. The van der Waals surface area contributed by atoms with E-state index in [4.69, 9.17) is 5.11 Å². The van der Waals surface area contributed by atoms with Crippen molar-refractivity contribution >= 4 is 0 Å². The van der Waals surface area contributed by atoms with E-state index in [1.165, 1.54) is 173 Å². The van der Waals surface area contributed by atoms with Crippen LogP contribution in [-0.4, -0.2) is 15.8 Å². The summed E-state index contributed by atoms with van der Waals surface area (Å²) in [5.74, 6) is 0. The van der Waals surface area contributed by atoms with Crippen LogP contribution < -0.4 is 0 Å². The molecule has 0 saturated heterocycles. The number of hydrogen-bond donors (Lipinski definition) is 2. The minimum atomic E-state index is -1.03. The van der Waals surface area contributed by atoms with Crippen molar-refractivity contribution < 1.29 is 10.2 Å². The summed E-state index contributed by atoms with van der Waals surface area (Å²) < 4.78 is 0. The molecule has 0 rings (SSSR count). The Bertz CT molecular complexity index is 646. The van der Waals surface area contributed by atoms with Gasteiger partial charge in [0.25, 0.3) is 0 Å². The first kappa shape index (κ1) is 41.7.